The minimum atomic E-state index is 0.203. The second kappa shape index (κ2) is 9.85. The van der Waals surface area contributed by atoms with E-state index in [1.54, 1.807) is 0 Å². The zero-order chi connectivity index (χ0) is 27.4. The second-order valence-corrected chi connectivity index (χ2v) is 11.7. The van der Waals surface area contributed by atoms with Gasteiger partial charge in [-0.3, -0.25) is 4.99 Å². The van der Waals surface area contributed by atoms with Gasteiger partial charge in [0.2, 0.25) is 11.4 Å². The number of allylic oxidation sites excluding steroid dienone is 2. The van der Waals surface area contributed by atoms with Gasteiger partial charge in [0.05, 0.1) is 18.0 Å². The predicted molar refractivity (Wildman–Crippen MR) is 160 cm³/mol. The fourth-order valence-corrected chi connectivity index (χ4v) is 7.17. The summed E-state index contributed by atoms with van der Waals surface area (Å²) in [6.45, 7) is 10.8. The summed E-state index contributed by atoms with van der Waals surface area (Å²) in [6.07, 6.45) is 15.3. The highest BCUT2D eigenvalue weighted by atomic mass is 16.3. The van der Waals surface area contributed by atoms with Crippen molar-refractivity contribution >= 4 is 18.5 Å². The fourth-order valence-electron chi connectivity index (χ4n) is 7.17. The van der Waals surface area contributed by atoms with Gasteiger partial charge in [-0.1, -0.05) is 18.2 Å². The number of hydrogen-bond acceptors (Lipinski definition) is 2. The van der Waals surface area contributed by atoms with Gasteiger partial charge in [-0.15, -0.1) is 0 Å². The topological polar surface area (TPSA) is 33.3 Å². The molecule has 1 aliphatic carbocycles. The quantitative estimate of drug-likeness (QED) is 0.198. The average Bonchev–Trinajstić information content (AvgIpc) is 3.31. The van der Waals surface area contributed by atoms with Crippen molar-refractivity contribution < 1.29 is 13.6 Å². The Bertz CT molecular complexity index is 1720. The molecule has 3 aromatic heterocycles. The Morgan fingerprint density at radius 3 is 2.62 bits per heavy atom. The van der Waals surface area contributed by atoms with Crippen molar-refractivity contribution in [3.8, 4) is 11.3 Å². The summed E-state index contributed by atoms with van der Waals surface area (Å²) in [7, 11) is 0. The summed E-state index contributed by atoms with van der Waals surface area (Å²) in [5.41, 5.74) is 12.4. The standard InChI is InChI=1S/C36H37N3O/c1-23-20-33-35(36-25(3)26-12-7-8-17-34(26)40-36)30(37-4)21-32-29(15-11-18-38(33)22-24(23)2)27-13-5-6-14-28(27)31-16-9-10-19-39(31)32/h5-6,9-11,13-14,16,18-20,22,29,32H,4,7-8,12,15,17,21H2,1-3H3/q+2/b18-11+. The lowest BCUT2D eigenvalue weighted by Gasteiger charge is -2.30. The lowest BCUT2D eigenvalue weighted by Crippen LogP contribution is -2.47. The largest absolute Gasteiger partial charge is 0.460 e. The molecule has 2 atom stereocenters. The van der Waals surface area contributed by atoms with Crippen LogP contribution in [0.1, 0.15) is 82.7 Å². The van der Waals surface area contributed by atoms with Crippen LogP contribution in [-0.2, 0) is 12.8 Å². The highest BCUT2D eigenvalue weighted by Crippen LogP contribution is 2.45. The van der Waals surface area contributed by atoms with Gasteiger partial charge in [0.15, 0.2) is 24.6 Å². The molecule has 0 saturated heterocycles. The maximum Gasteiger partial charge on any atom is 0.223 e. The molecule has 2 aliphatic heterocycles. The van der Waals surface area contributed by atoms with Crippen LogP contribution in [0.15, 0.2) is 82.1 Å². The summed E-state index contributed by atoms with van der Waals surface area (Å²) in [5.74, 6) is 2.43. The number of nitrogens with zero attached hydrogens (tertiary/aromatic N) is 3. The number of furan rings is 1. The lowest BCUT2D eigenvalue weighted by atomic mass is 9.78. The molecule has 200 valence electrons. The van der Waals surface area contributed by atoms with Crippen LogP contribution in [0.5, 0.6) is 0 Å². The molecule has 4 heteroatoms. The third-order valence-electron chi connectivity index (χ3n) is 9.39. The van der Waals surface area contributed by atoms with Crippen LogP contribution in [0.4, 0.5) is 0 Å². The third-order valence-corrected chi connectivity index (χ3v) is 9.39. The van der Waals surface area contributed by atoms with Gasteiger partial charge < -0.3 is 4.42 Å². The summed E-state index contributed by atoms with van der Waals surface area (Å²) in [5, 5.41) is 0. The first-order chi connectivity index (χ1) is 19.5. The van der Waals surface area contributed by atoms with Crippen molar-refractivity contribution in [1.82, 2.24) is 0 Å². The summed E-state index contributed by atoms with van der Waals surface area (Å²) in [4.78, 5) is 4.82. The predicted octanol–water partition coefficient (Wildman–Crippen LogP) is 7.39. The van der Waals surface area contributed by atoms with Crippen molar-refractivity contribution in [2.45, 2.75) is 71.3 Å². The van der Waals surface area contributed by atoms with Crippen molar-refractivity contribution in [2.24, 2.45) is 4.99 Å². The van der Waals surface area contributed by atoms with Gasteiger partial charge >= 0.3 is 0 Å². The average molecular weight is 528 g/mol. The number of hydrogen-bond donors (Lipinski definition) is 0. The number of fused-ring (bicyclic) bond motifs is 8. The molecule has 0 N–H and O–H groups in total. The number of aromatic nitrogens is 2. The monoisotopic (exact) mass is 527 g/mol. The van der Waals surface area contributed by atoms with E-state index in [2.05, 4.69) is 110 Å². The summed E-state index contributed by atoms with van der Waals surface area (Å²) >= 11 is 0. The van der Waals surface area contributed by atoms with E-state index >= 15 is 0 Å². The number of aliphatic imine (C=N–C) groups is 1. The van der Waals surface area contributed by atoms with E-state index in [1.165, 1.54) is 51.9 Å². The smallest absolute Gasteiger partial charge is 0.223 e. The zero-order valence-electron chi connectivity index (χ0n) is 23.8. The Hall–Kier alpha value is -4.05. The van der Waals surface area contributed by atoms with Crippen LogP contribution in [0.2, 0.25) is 0 Å². The SMILES string of the molecule is C=N/C1=C(\c2oc3c(c2C)CCCC3)c2cc(C)c(C)c[n+]2/C=C/CC2c3ccccc3-c3cccc[n+]3C2C1. The molecule has 3 aliphatic rings. The molecular weight excluding hydrogens is 490 g/mol. The summed E-state index contributed by atoms with van der Waals surface area (Å²) in [6, 6.07) is 18.0. The minimum absolute atomic E-state index is 0.203. The van der Waals surface area contributed by atoms with Crippen molar-refractivity contribution in [3.05, 3.63) is 118 Å². The van der Waals surface area contributed by atoms with E-state index in [4.69, 9.17) is 9.41 Å². The molecule has 2 unspecified atom stereocenters. The molecule has 1 aromatic carbocycles. The second-order valence-electron chi connectivity index (χ2n) is 11.7. The molecule has 0 amide bonds. The van der Waals surface area contributed by atoms with Crippen molar-refractivity contribution in [2.75, 3.05) is 0 Å². The number of pyridine rings is 2. The van der Waals surface area contributed by atoms with Crippen LogP contribution in [0, 0.1) is 20.8 Å². The van der Waals surface area contributed by atoms with E-state index in [0.717, 1.165) is 54.2 Å². The first kappa shape index (κ1) is 25.0. The van der Waals surface area contributed by atoms with Crippen LogP contribution in [0.3, 0.4) is 0 Å². The molecule has 40 heavy (non-hydrogen) atoms. The van der Waals surface area contributed by atoms with Crippen LogP contribution in [0.25, 0.3) is 23.0 Å². The number of benzene rings is 1. The third kappa shape index (κ3) is 3.92. The van der Waals surface area contributed by atoms with Gasteiger partial charge in [-0.2, -0.15) is 9.13 Å². The Kier molecular flexibility index (Phi) is 6.14. The Labute approximate surface area is 237 Å². The normalized spacial score (nSPS) is 22.3. The number of aryl methyl sites for hydroxylation is 3. The van der Waals surface area contributed by atoms with Gasteiger partial charge in [0.1, 0.15) is 17.1 Å². The lowest BCUT2D eigenvalue weighted by molar-refractivity contribution is -0.717. The molecule has 0 saturated carbocycles. The molecule has 5 heterocycles. The van der Waals surface area contributed by atoms with Gasteiger partial charge in [-0.25, -0.2) is 0 Å². The van der Waals surface area contributed by atoms with Crippen LogP contribution >= 0.6 is 0 Å². The van der Waals surface area contributed by atoms with Crippen molar-refractivity contribution in [1.29, 1.82) is 0 Å². The van der Waals surface area contributed by atoms with Crippen molar-refractivity contribution in [3.63, 3.8) is 0 Å². The van der Waals surface area contributed by atoms with Crippen LogP contribution < -0.4 is 9.13 Å². The minimum Gasteiger partial charge on any atom is -0.460 e. The Morgan fingerprint density at radius 2 is 1.77 bits per heavy atom. The Morgan fingerprint density at radius 1 is 0.950 bits per heavy atom. The first-order valence-electron chi connectivity index (χ1n) is 14.7. The maximum atomic E-state index is 6.78. The van der Waals surface area contributed by atoms with E-state index < -0.39 is 0 Å². The molecule has 0 spiro atoms. The van der Waals surface area contributed by atoms with Gasteiger partial charge in [0.25, 0.3) is 0 Å². The number of rotatable bonds is 2. The highest BCUT2D eigenvalue weighted by molar-refractivity contribution is 5.80. The summed E-state index contributed by atoms with van der Waals surface area (Å²) < 4.78 is 11.5. The molecule has 0 bridgehead atoms. The molecule has 4 nitrogen and oxygen atoms in total. The van der Waals surface area contributed by atoms with E-state index in [9.17, 15) is 0 Å². The maximum absolute atomic E-state index is 6.78. The van der Waals surface area contributed by atoms with E-state index in [-0.39, 0.29) is 6.04 Å². The molecule has 0 fully saturated rings. The molecule has 0 radical (unpaired) electrons. The van der Waals surface area contributed by atoms with Gasteiger partial charge in [0, 0.05) is 35.7 Å². The molecular formula is C36H37N3O+2. The first-order valence-corrected chi connectivity index (χ1v) is 14.7. The Balaban J connectivity index is 1.52. The molecule has 4 aromatic rings. The molecule has 7 rings (SSSR count). The highest BCUT2D eigenvalue weighted by Gasteiger charge is 2.41. The zero-order valence-corrected chi connectivity index (χ0v) is 23.8. The van der Waals surface area contributed by atoms with Crippen LogP contribution in [-0.4, -0.2) is 6.72 Å². The van der Waals surface area contributed by atoms with E-state index in [0.29, 0.717) is 5.92 Å². The van der Waals surface area contributed by atoms with E-state index in [1.807, 2.05) is 0 Å². The van der Waals surface area contributed by atoms with Gasteiger partial charge in [-0.05, 0) is 93.6 Å². The fraction of sp³-hybridized carbons (Fsp3) is 0.306.